The molecular formula is C76H148O17P2. The van der Waals surface area contributed by atoms with E-state index in [1.165, 1.54) is 199 Å². The van der Waals surface area contributed by atoms with Crippen molar-refractivity contribution in [2.75, 3.05) is 39.6 Å². The van der Waals surface area contributed by atoms with Gasteiger partial charge in [0, 0.05) is 25.7 Å². The normalized spacial score (nSPS) is 14.0. The van der Waals surface area contributed by atoms with E-state index < -0.39 is 97.5 Å². The first-order valence-electron chi connectivity index (χ1n) is 39.5. The summed E-state index contributed by atoms with van der Waals surface area (Å²) in [7, 11) is -9.91. The van der Waals surface area contributed by atoms with Crippen molar-refractivity contribution in [3.8, 4) is 0 Å². The lowest BCUT2D eigenvalue weighted by Gasteiger charge is -2.21. The van der Waals surface area contributed by atoms with Gasteiger partial charge in [0.25, 0.3) is 0 Å². The van der Waals surface area contributed by atoms with E-state index in [0.29, 0.717) is 25.7 Å². The predicted molar refractivity (Wildman–Crippen MR) is 386 cm³/mol. The van der Waals surface area contributed by atoms with E-state index in [-0.39, 0.29) is 25.7 Å². The van der Waals surface area contributed by atoms with Crippen LogP contribution < -0.4 is 0 Å². The van der Waals surface area contributed by atoms with Crippen LogP contribution >= 0.6 is 15.6 Å². The number of carbonyl (C=O) groups excluding carboxylic acids is 4. The molecule has 0 spiro atoms. The van der Waals surface area contributed by atoms with Crippen LogP contribution in [0.1, 0.15) is 395 Å². The molecule has 0 aromatic carbocycles. The summed E-state index contributed by atoms with van der Waals surface area (Å²) in [5.41, 5.74) is 0. The van der Waals surface area contributed by atoms with Crippen molar-refractivity contribution >= 4 is 39.5 Å². The molecule has 95 heavy (non-hydrogen) atoms. The minimum Gasteiger partial charge on any atom is -0.462 e. The first-order chi connectivity index (χ1) is 45.9. The molecule has 0 bridgehead atoms. The summed E-state index contributed by atoms with van der Waals surface area (Å²) in [6.45, 7) is 9.56. The Kier molecular flexibility index (Phi) is 66.5. The smallest absolute Gasteiger partial charge is 0.462 e. The predicted octanol–water partition coefficient (Wildman–Crippen LogP) is 22.3. The average Bonchev–Trinajstić information content (AvgIpc) is 2.99. The molecule has 0 fully saturated rings. The van der Waals surface area contributed by atoms with Gasteiger partial charge in [0.1, 0.15) is 19.3 Å². The second-order valence-electron chi connectivity index (χ2n) is 28.3. The molecule has 0 aromatic heterocycles. The maximum Gasteiger partial charge on any atom is 0.472 e. The summed E-state index contributed by atoms with van der Waals surface area (Å²) in [6.07, 6.45) is 55.7. The Bertz CT molecular complexity index is 1840. The van der Waals surface area contributed by atoms with E-state index in [1.54, 1.807) is 0 Å². The third kappa shape index (κ3) is 70.3. The standard InChI is InChI=1S/C76H148O17P2/c1-7-9-11-13-15-16-17-18-19-20-21-22-23-24-25-30-36-42-48-54-60-75(80)93-72(65-87-74(79)59-53-47-41-35-31-26-28-33-39-44-50-56-68(3)4)67-91-95(84,85)89-63-70(77)62-88-94(82,83)90-66-71(64-86-73(78)58-52-46-38-14-12-10-8-2)92-76(81)61-55-49-43-37-32-27-29-34-40-45-51-57-69(5)6/h68-72,77H,7-67H2,1-6H3,(H,82,83)(H,84,85)/t70-,71+,72+/m0/s1. The van der Waals surface area contributed by atoms with Crippen LogP contribution in [-0.4, -0.2) is 96.7 Å². The summed E-state index contributed by atoms with van der Waals surface area (Å²) in [6, 6.07) is 0. The number of ether oxygens (including phenoxy) is 4. The van der Waals surface area contributed by atoms with Crippen molar-refractivity contribution in [2.45, 2.75) is 413 Å². The molecule has 19 heteroatoms. The highest BCUT2D eigenvalue weighted by Gasteiger charge is 2.30. The quantitative estimate of drug-likeness (QED) is 0.0222. The Hall–Kier alpha value is -1.94. The number of aliphatic hydroxyl groups excluding tert-OH is 1. The van der Waals surface area contributed by atoms with Gasteiger partial charge in [-0.1, -0.05) is 343 Å². The molecule has 17 nitrogen and oxygen atoms in total. The molecule has 2 unspecified atom stereocenters. The summed E-state index contributed by atoms with van der Waals surface area (Å²) in [4.78, 5) is 72.7. The molecule has 564 valence electrons. The minimum absolute atomic E-state index is 0.106. The highest BCUT2D eigenvalue weighted by atomic mass is 31.2. The number of aliphatic hydroxyl groups is 1. The van der Waals surface area contributed by atoms with E-state index >= 15 is 0 Å². The Morgan fingerprint density at radius 1 is 0.284 bits per heavy atom. The fraction of sp³-hybridized carbons (Fsp3) is 0.947. The van der Waals surface area contributed by atoms with E-state index in [9.17, 15) is 43.2 Å². The van der Waals surface area contributed by atoms with Gasteiger partial charge in [-0.3, -0.25) is 37.3 Å². The van der Waals surface area contributed by atoms with Gasteiger partial charge in [-0.2, -0.15) is 0 Å². The monoisotopic (exact) mass is 1400 g/mol. The van der Waals surface area contributed by atoms with Gasteiger partial charge in [0.15, 0.2) is 12.2 Å². The Balaban J connectivity index is 5.18. The summed E-state index contributed by atoms with van der Waals surface area (Å²) < 4.78 is 68.4. The lowest BCUT2D eigenvalue weighted by atomic mass is 10.0. The van der Waals surface area contributed by atoms with Crippen LogP contribution in [0.25, 0.3) is 0 Å². The zero-order valence-electron chi connectivity index (χ0n) is 62.0. The van der Waals surface area contributed by atoms with Gasteiger partial charge in [-0.15, -0.1) is 0 Å². The van der Waals surface area contributed by atoms with E-state index in [1.807, 2.05) is 0 Å². The van der Waals surface area contributed by atoms with Crippen LogP contribution in [0.5, 0.6) is 0 Å². The van der Waals surface area contributed by atoms with E-state index in [2.05, 4.69) is 41.5 Å². The zero-order valence-corrected chi connectivity index (χ0v) is 63.8. The lowest BCUT2D eigenvalue weighted by molar-refractivity contribution is -0.161. The molecule has 0 radical (unpaired) electrons. The van der Waals surface area contributed by atoms with Crippen molar-refractivity contribution in [1.29, 1.82) is 0 Å². The summed E-state index contributed by atoms with van der Waals surface area (Å²) >= 11 is 0. The third-order valence-corrected chi connectivity index (χ3v) is 19.6. The van der Waals surface area contributed by atoms with Gasteiger partial charge >= 0.3 is 39.5 Å². The number of phosphoric acid groups is 2. The van der Waals surface area contributed by atoms with Crippen LogP contribution in [0.4, 0.5) is 0 Å². The van der Waals surface area contributed by atoms with Crippen molar-refractivity contribution < 1.29 is 80.2 Å². The maximum absolute atomic E-state index is 13.1. The SMILES string of the molecule is CCCCCCCCCCCCCCCCCCCCCCC(=O)O[C@H](COC(=O)CCCCCCCCCCCCCC(C)C)COP(=O)(O)OC[C@@H](O)COP(=O)(O)OC[C@@H](COC(=O)CCCCCCCCC)OC(=O)CCCCCCCCCCCCCC(C)C. The first kappa shape index (κ1) is 93.1. The molecule has 5 atom stereocenters. The van der Waals surface area contributed by atoms with Crippen molar-refractivity contribution in [2.24, 2.45) is 11.8 Å². The van der Waals surface area contributed by atoms with Gasteiger partial charge in [-0.05, 0) is 37.5 Å². The van der Waals surface area contributed by atoms with Gasteiger partial charge in [0.05, 0.1) is 26.4 Å². The van der Waals surface area contributed by atoms with Crippen LogP contribution in [0, 0.1) is 11.8 Å². The fourth-order valence-electron chi connectivity index (χ4n) is 11.7. The summed E-state index contributed by atoms with van der Waals surface area (Å²) in [5.74, 6) is -0.584. The molecule has 0 saturated heterocycles. The van der Waals surface area contributed by atoms with Crippen molar-refractivity contribution in [3.63, 3.8) is 0 Å². The number of carbonyl (C=O) groups is 4. The molecular weight excluding hydrogens is 1250 g/mol. The van der Waals surface area contributed by atoms with E-state index in [4.69, 9.17) is 37.0 Å². The number of esters is 4. The van der Waals surface area contributed by atoms with Crippen LogP contribution in [0.3, 0.4) is 0 Å². The molecule has 0 amide bonds. The van der Waals surface area contributed by atoms with Gasteiger partial charge in [-0.25, -0.2) is 9.13 Å². The number of unbranched alkanes of at least 4 members (excludes halogenated alkanes) is 45. The number of hydrogen-bond acceptors (Lipinski definition) is 15. The fourth-order valence-corrected chi connectivity index (χ4v) is 13.2. The molecule has 0 rings (SSSR count). The van der Waals surface area contributed by atoms with E-state index in [0.717, 1.165) is 115 Å². The minimum atomic E-state index is -4.96. The summed E-state index contributed by atoms with van der Waals surface area (Å²) in [5, 5.41) is 10.6. The largest absolute Gasteiger partial charge is 0.472 e. The number of phosphoric ester groups is 2. The number of hydrogen-bond donors (Lipinski definition) is 3. The zero-order chi connectivity index (χ0) is 70.0. The Morgan fingerprint density at radius 2 is 0.484 bits per heavy atom. The molecule has 0 heterocycles. The first-order valence-corrected chi connectivity index (χ1v) is 42.5. The Morgan fingerprint density at radius 3 is 0.716 bits per heavy atom. The highest BCUT2D eigenvalue weighted by Crippen LogP contribution is 2.45. The van der Waals surface area contributed by atoms with Crippen molar-refractivity contribution in [3.05, 3.63) is 0 Å². The molecule has 0 saturated carbocycles. The van der Waals surface area contributed by atoms with Gasteiger partial charge in [0.2, 0.25) is 0 Å². The second kappa shape index (κ2) is 67.9. The van der Waals surface area contributed by atoms with Crippen LogP contribution in [-0.2, 0) is 65.4 Å². The molecule has 3 N–H and O–H groups in total. The van der Waals surface area contributed by atoms with Crippen molar-refractivity contribution in [1.82, 2.24) is 0 Å². The molecule has 0 aliphatic heterocycles. The lowest BCUT2D eigenvalue weighted by Crippen LogP contribution is -2.30. The molecule has 0 aliphatic rings. The average molecular weight is 1400 g/mol. The van der Waals surface area contributed by atoms with Gasteiger partial charge < -0.3 is 33.8 Å². The molecule has 0 aliphatic carbocycles. The van der Waals surface area contributed by atoms with Crippen LogP contribution in [0.2, 0.25) is 0 Å². The third-order valence-electron chi connectivity index (χ3n) is 17.7. The highest BCUT2D eigenvalue weighted by molar-refractivity contribution is 7.47. The number of rotatable bonds is 75. The maximum atomic E-state index is 13.1. The van der Waals surface area contributed by atoms with Crippen LogP contribution in [0.15, 0.2) is 0 Å². The molecule has 0 aromatic rings. The Labute approximate surface area is 581 Å². The second-order valence-corrected chi connectivity index (χ2v) is 31.3. The topological polar surface area (TPSA) is 237 Å².